The second-order valence-corrected chi connectivity index (χ2v) is 3.66. The van der Waals surface area contributed by atoms with Crippen molar-refractivity contribution in [2.75, 3.05) is 0 Å². The van der Waals surface area contributed by atoms with E-state index in [-0.39, 0.29) is 12.0 Å². The topological polar surface area (TPSA) is 64.4 Å². The Morgan fingerprint density at radius 1 is 1.36 bits per heavy atom. The molecule has 76 valence electrons. The second kappa shape index (κ2) is 4.53. The van der Waals surface area contributed by atoms with Crippen molar-refractivity contribution < 1.29 is 0 Å². The summed E-state index contributed by atoms with van der Waals surface area (Å²) in [5.41, 5.74) is 11.4. The van der Waals surface area contributed by atoms with Gasteiger partial charge in [0.1, 0.15) is 0 Å². The third-order valence-corrected chi connectivity index (χ3v) is 2.61. The van der Waals surface area contributed by atoms with Crippen molar-refractivity contribution in [1.82, 2.24) is 0 Å². The molecule has 1 rings (SSSR count). The molecule has 0 aliphatic carbocycles. The molecule has 0 saturated carbocycles. The Bertz CT molecular complexity index is 359. The van der Waals surface area contributed by atoms with E-state index in [9.17, 15) is 0 Å². The Hall–Kier alpha value is -0.930. The first kappa shape index (κ1) is 11.1. The lowest BCUT2D eigenvalue weighted by Gasteiger charge is -2.10. The maximum absolute atomic E-state index is 5.99. The molecule has 1 atom stereocenters. The van der Waals surface area contributed by atoms with Crippen molar-refractivity contribution in [3.63, 3.8) is 0 Å². The van der Waals surface area contributed by atoms with E-state index in [1.54, 1.807) is 6.07 Å². The average molecular weight is 232 g/mol. The lowest BCUT2D eigenvalue weighted by Crippen LogP contribution is -2.23. The molecule has 0 fully saturated rings. The minimum atomic E-state index is -0.189. The van der Waals surface area contributed by atoms with Crippen molar-refractivity contribution in [3.8, 4) is 0 Å². The summed E-state index contributed by atoms with van der Waals surface area (Å²) in [6.07, 6.45) is 0. The third kappa shape index (κ3) is 2.53. The number of guanidine groups is 1. The summed E-state index contributed by atoms with van der Waals surface area (Å²) in [7, 11) is 0. The van der Waals surface area contributed by atoms with Crippen molar-refractivity contribution in [1.29, 1.82) is 0 Å². The van der Waals surface area contributed by atoms with Crippen LogP contribution in [0.4, 0.5) is 0 Å². The standard InChI is InChI=1S/C9H11Cl2N3/c1-5(14-9(12)13)6-3-2-4-7(10)8(6)11/h2-5H,1H3,(H4,12,13,14)/t5-/m1/s1. The third-order valence-electron chi connectivity index (χ3n) is 1.77. The molecular formula is C9H11Cl2N3. The van der Waals surface area contributed by atoms with E-state index >= 15 is 0 Å². The highest BCUT2D eigenvalue weighted by Crippen LogP contribution is 2.31. The Morgan fingerprint density at radius 3 is 2.57 bits per heavy atom. The van der Waals surface area contributed by atoms with Crippen LogP contribution in [0.25, 0.3) is 0 Å². The van der Waals surface area contributed by atoms with Crippen molar-refractivity contribution in [3.05, 3.63) is 33.8 Å². The van der Waals surface area contributed by atoms with Gasteiger partial charge < -0.3 is 11.5 Å². The Kier molecular flexibility index (Phi) is 3.61. The van der Waals surface area contributed by atoms with Gasteiger partial charge in [0.25, 0.3) is 0 Å². The highest BCUT2D eigenvalue weighted by molar-refractivity contribution is 6.42. The number of hydrogen-bond acceptors (Lipinski definition) is 1. The van der Waals surface area contributed by atoms with Gasteiger partial charge in [-0.3, -0.25) is 0 Å². The van der Waals surface area contributed by atoms with Crippen LogP contribution >= 0.6 is 23.2 Å². The summed E-state index contributed by atoms with van der Waals surface area (Å²) in [4.78, 5) is 3.98. The maximum atomic E-state index is 5.99. The minimum Gasteiger partial charge on any atom is -0.370 e. The van der Waals surface area contributed by atoms with Gasteiger partial charge in [0, 0.05) is 0 Å². The van der Waals surface area contributed by atoms with Crippen LogP contribution in [0.3, 0.4) is 0 Å². The Labute approximate surface area is 92.7 Å². The number of aliphatic imine (C=N–C) groups is 1. The molecule has 0 amide bonds. The van der Waals surface area contributed by atoms with E-state index in [1.165, 1.54) is 0 Å². The molecule has 0 aromatic heterocycles. The first-order valence-corrected chi connectivity index (χ1v) is 4.80. The summed E-state index contributed by atoms with van der Waals surface area (Å²) < 4.78 is 0. The van der Waals surface area contributed by atoms with Crippen LogP contribution in [0.1, 0.15) is 18.5 Å². The summed E-state index contributed by atoms with van der Waals surface area (Å²) in [5, 5.41) is 0.994. The van der Waals surface area contributed by atoms with Crippen LogP contribution in [0.2, 0.25) is 10.0 Å². The van der Waals surface area contributed by atoms with Crippen molar-refractivity contribution in [2.24, 2.45) is 16.5 Å². The van der Waals surface area contributed by atoms with E-state index in [1.807, 2.05) is 19.1 Å². The van der Waals surface area contributed by atoms with Gasteiger partial charge in [0.05, 0.1) is 16.1 Å². The zero-order valence-corrected chi connectivity index (χ0v) is 9.18. The van der Waals surface area contributed by atoms with Crippen LogP contribution in [0.15, 0.2) is 23.2 Å². The summed E-state index contributed by atoms with van der Waals surface area (Å²) in [6.45, 7) is 1.84. The lowest BCUT2D eigenvalue weighted by molar-refractivity contribution is 0.816. The molecule has 0 bridgehead atoms. The minimum absolute atomic E-state index is 0.0357. The highest BCUT2D eigenvalue weighted by Gasteiger charge is 2.10. The zero-order chi connectivity index (χ0) is 10.7. The maximum Gasteiger partial charge on any atom is 0.186 e. The van der Waals surface area contributed by atoms with E-state index in [0.29, 0.717) is 10.0 Å². The smallest absolute Gasteiger partial charge is 0.186 e. The molecule has 3 nitrogen and oxygen atoms in total. The number of benzene rings is 1. The molecule has 14 heavy (non-hydrogen) atoms. The fourth-order valence-corrected chi connectivity index (χ4v) is 1.60. The normalized spacial score (nSPS) is 12.2. The van der Waals surface area contributed by atoms with E-state index < -0.39 is 0 Å². The predicted octanol–water partition coefficient (Wildman–Crippen LogP) is 2.33. The molecule has 4 N–H and O–H groups in total. The van der Waals surface area contributed by atoms with E-state index in [0.717, 1.165) is 5.56 Å². The number of nitrogens with zero attached hydrogens (tertiary/aromatic N) is 1. The van der Waals surface area contributed by atoms with Crippen LogP contribution in [-0.2, 0) is 0 Å². The first-order chi connectivity index (χ1) is 6.52. The van der Waals surface area contributed by atoms with Crippen molar-refractivity contribution in [2.45, 2.75) is 13.0 Å². The molecule has 0 aliphatic heterocycles. The van der Waals surface area contributed by atoms with Crippen LogP contribution in [0.5, 0.6) is 0 Å². The van der Waals surface area contributed by atoms with E-state index in [4.69, 9.17) is 34.7 Å². The molecule has 0 saturated heterocycles. The van der Waals surface area contributed by atoms with Gasteiger partial charge in [-0.1, -0.05) is 35.3 Å². The molecule has 1 aromatic rings. The number of halogens is 2. The zero-order valence-electron chi connectivity index (χ0n) is 7.67. The Morgan fingerprint density at radius 2 is 2.00 bits per heavy atom. The predicted molar refractivity (Wildman–Crippen MR) is 60.7 cm³/mol. The van der Waals surface area contributed by atoms with Gasteiger partial charge in [-0.05, 0) is 18.6 Å². The first-order valence-electron chi connectivity index (χ1n) is 4.05. The number of rotatable bonds is 2. The quantitative estimate of drug-likeness (QED) is 0.607. The molecule has 5 heteroatoms. The van der Waals surface area contributed by atoms with Gasteiger partial charge in [0.2, 0.25) is 0 Å². The Balaban J connectivity index is 3.07. The van der Waals surface area contributed by atoms with Crippen LogP contribution in [0, 0.1) is 0 Å². The molecule has 0 aliphatic rings. The lowest BCUT2D eigenvalue weighted by atomic mass is 10.1. The molecule has 0 radical (unpaired) electrons. The van der Waals surface area contributed by atoms with Crippen LogP contribution < -0.4 is 11.5 Å². The molecule has 0 heterocycles. The summed E-state index contributed by atoms with van der Waals surface area (Å²) in [6, 6.07) is 5.18. The van der Waals surface area contributed by atoms with Gasteiger partial charge >= 0.3 is 0 Å². The average Bonchev–Trinajstić information content (AvgIpc) is 2.08. The highest BCUT2D eigenvalue weighted by atomic mass is 35.5. The molecule has 0 unspecified atom stereocenters. The largest absolute Gasteiger partial charge is 0.370 e. The summed E-state index contributed by atoms with van der Waals surface area (Å²) in [5.74, 6) is 0.0357. The molecule has 1 aromatic carbocycles. The monoisotopic (exact) mass is 231 g/mol. The van der Waals surface area contributed by atoms with Crippen LogP contribution in [-0.4, -0.2) is 5.96 Å². The molecular weight excluding hydrogens is 221 g/mol. The second-order valence-electron chi connectivity index (χ2n) is 2.87. The fraction of sp³-hybridized carbons (Fsp3) is 0.222. The van der Waals surface area contributed by atoms with E-state index in [2.05, 4.69) is 4.99 Å². The number of nitrogens with two attached hydrogens (primary N) is 2. The van der Waals surface area contributed by atoms with Gasteiger partial charge in [-0.25, -0.2) is 4.99 Å². The van der Waals surface area contributed by atoms with Gasteiger partial charge in [-0.2, -0.15) is 0 Å². The SMILES string of the molecule is C[C@@H](N=C(N)N)c1cccc(Cl)c1Cl. The van der Waals surface area contributed by atoms with Gasteiger partial charge in [-0.15, -0.1) is 0 Å². The fourth-order valence-electron chi connectivity index (χ4n) is 1.14. The van der Waals surface area contributed by atoms with Gasteiger partial charge in [0.15, 0.2) is 5.96 Å². The molecule has 0 spiro atoms. The van der Waals surface area contributed by atoms with Crippen molar-refractivity contribution >= 4 is 29.2 Å². The summed E-state index contributed by atoms with van der Waals surface area (Å²) >= 11 is 11.8. The number of hydrogen-bond donors (Lipinski definition) is 2.